The average Bonchev–Trinajstić information content (AvgIpc) is 2.64. The molecule has 0 fully saturated rings. The van der Waals surface area contributed by atoms with Gasteiger partial charge in [0.05, 0.1) is 22.5 Å². The van der Waals surface area contributed by atoms with Gasteiger partial charge in [-0.15, -0.1) is 0 Å². The molecule has 0 spiro atoms. The van der Waals surface area contributed by atoms with Gasteiger partial charge in [0.2, 0.25) is 5.91 Å². The van der Waals surface area contributed by atoms with Crippen LogP contribution in [0.15, 0.2) is 66.0 Å². The van der Waals surface area contributed by atoms with Gasteiger partial charge in [0, 0.05) is 30.4 Å². The van der Waals surface area contributed by atoms with Crippen molar-refractivity contribution < 1.29 is 13.2 Å². The number of halogens is 1. The highest BCUT2D eigenvalue weighted by Gasteiger charge is 2.16. The number of rotatable bonds is 5. The second-order valence-corrected chi connectivity index (χ2v) is 7.66. The average molecular weight is 403 g/mol. The molecule has 138 valence electrons. The molecule has 0 aliphatic carbocycles. The maximum Gasteiger partial charge on any atom is 0.261 e. The Morgan fingerprint density at radius 3 is 2.44 bits per heavy atom. The molecule has 0 saturated heterocycles. The van der Waals surface area contributed by atoms with Gasteiger partial charge in [-0.3, -0.25) is 14.5 Å². The number of nitrogens with one attached hydrogen (secondary N) is 2. The minimum atomic E-state index is -3.81. The van der Waals surface area contributed by atoms with E-state index in [1.54, 1.807) is 36.5 Å². The van der Waals surface area contributed by atoms with Crippen molar-refractivity contribution in [3.05, 3.63) is 66.2 Å². The van der Waals surface area contributed by atoms with Crippen LogP contribution in [0, 0.1) is 0 Å². The predicted octanol–water partition coefficient (Wildman–Crippen LogP) is 3.56. The molecule has 0 aliphatic heterocycles. The van der Waals surface area contributed by atoms with Crippen molar-refractivity contribution >= 4 is 38.9 Å². The Balaban J connectivity index is 1.95. The van der Waals surface area contributed by atoms with Crippen molar-refractivity contribution in [2.45, 2.75) is 11.8 Å². The Bertz CT molecular complexity index is 1090. The zero-order valence-electron chi connectivity index (χ0n) is 14.2. The molecule has 0 aliphatic rings. The summed E-state index contributed by atoms with van der Waals surface area (Å²) in [5, 5.41) is 2.66. The first-order valence-electron chi connectivity index (χ1n) is 7.81. The fourth-order valence-electron chi connectivity index (χ4n) is 2.35. The second-order valence-electron chi connectivity index (χ2n) is 5.62. The lowest BCUT2D eigenvalue weighted by Gasteiger charge is -2.11. The van der Waals surface area contributed by atoms with Gasteiger partial charge >= 0.3 is 0 Å². The number of hydrogen-bond donors (Lipinski definition) is 2. The summed E-state index contributed by atoms with van der Waals surface area (Å²) >= 11 is 6.07. The van der Waals surface area contributed by atoms with Crippen molar-refractivity contribution in [3.8, 4) is 11.1 Å². The molecule has 2 heterocycles. The van der Waals surface area contributed by atoms with Gasteiger partial charge in [0.25, 0.3) is 10.0 Å². The SMILES string of the molecule is CC(=O)Nc1cncc(-c2cnc(Cl)c(NS(=O)(=O)c3ccccc3)c2)c1. The number of sulfonamides is 1. The number of benzene rings is 1. The van der Waals surface area contributed by atoms with Gasteiger partial charge in [0.1, 0.15) is 0 Å². The van der Waals surface area contributed by atoms with Gasteiger partial charge in [-0.05, 0) is 24.3 Å². The third kappa shape index (κ3) is 4.60. The molecule has 3 aromatic rings. The Kier molecular flexibility index (Phi) is 5.38. The molecule has 0 atom stereocenters. The molecule has 9 heteroatoms. The molecule has 1 aromatic carbocycles. The lowest BCUT2D eigenvalue weighted by Crippen LogP contribution is -2.13. The second kappa shape index (κ2) is 7.73. The van der Waals surface area contributed by atoms with E-state index in [-0.39, 0.29) is 21.6 Å². The quantitative estimate of drug-likeness (QED) is 0.635. The van der Waals surface area contributed by atoms with E-state index in [2.05, 4.69) is 20.0 Å². The molecule has 0 saturated carbocycles. The number of amides is 1. The van der Waals surface area contributed by atoms with Crippen molar-refractivity contribution in [2.75, 3.05) is 10.0 Å². The third-order valence-electron chi connectivity index (χ3n) is 3.53. The highest BCUT2D eigenvalue weighted by molar-refractivity contribution is 7.92. The molecule has 0 bridgehead atoms. The van der Waals surface area contributed by atoms with Gasteiger partial charge in [-0.1, -0.05) is 29.8 Å². The number of hydrogen-bond acceptors (Lipinski definition) is 5. The number of carbonyl (C=O) groups is 1. The largest absolute Gasteiger partial charge is 0.325 e. The number of anilines is 2. The summed E-state index contributed by atoms with van der Waals surface area (Å²) < 4.78 is 27.5. The number of carbonyl (C=O) groups excluding carboxylic acids is 1. The summed E-state index contributed by atoms with van der Waals surface area (Å²) in [5.41, 5.74) is 1.89. The minimum absolute atomic E-state index is 0.0178. The molecule has 0 radical (unpaired) electrons. The molecule has 27 heavy (non-hydrogen) atoms. The molecule has 0 unspecified atom stereocenters. The first-order chi connectivity index (χ1) is 12.8. The van der Waals surface area contributed by atoms with Crippen LogP contribution >= 0.6 is 11.6 Å². The van der Waals surface area contributed by atoms with Crippen LogP contribution in [-0.4, -0.2) is 24.3 Å². The van der Waals surface area contributed by atoms with Crippen molar-refractivity contribution in [1.29, 1.82) is 0 Å². The van der Waals surface area contributed by atoms with E-state index in [1.165, 1.54) is 31.5 Å². The summed E-state index contributed by atoms with van der Waals surface area (Å²) in [6, 6.07) is 11.2. The molecule has 7 nitrogen and oxygen atoms in total. The zero-order valence-corrected chi connectivity index (χ0v) is 15.8. The van der Waals surface area contributed by atoms with E-state index < -0.39 is 10.0 Å². The van der Waals surface area contributed by atoms with E-state index in [0.717, 1.165) is 0 Å². The fraction of sp³-hybridized carbons (Fsp3) is 0.0556. The summed E-state index contributed by atoms with van der Waals surface area (Å²) in [4.78, 5) is 19.4. The van der Waals surface area contributed by atoms with E-state index in [1.807, 2.05) is 0 Å². The summed E-state index contributed by atoms with van der Waals surface area (Å²) in [7, 11) is -3.81. The topological polar surface area (TPSA) is 101 Å². The highest BCUT2D eigenvalue weighted by atomic mass is 35.5. The van der Waals surface area contributed by atoms with Crippen molar-refractivity contribution in [2.24, 2.45) is 0 Å². The standard InChI is InChI=1S/C18H15ClN4O3S/c1-12(24)22-15-7-13(9-20-11-15)14-8-17(18(19)21-10-14)23-27(25,26)16-5-3-2-4-6-16/h2-11,23H,1H3,(H,22,24). The van der Waals surface area contributed by atoms with Crippen molar-refractivity contribution in [1.82, 2.24) is 9.97 Å². The third-order valence-corrected chi connectivity index (χ3v) is 5.21. The molecular formula is C18H15ClN4O3S. The maximum atomic E-state index is 12.5. The van der Waals surface area contributed by atoms with Crippen LogP contribution in [-0.2, 0) is 14.8 Å². The van der Waals surface area contributed by atoms with E-state index in [4.69, 9.17) is 11.6 Å². The maximum absolute atomic E-state index is 12.5. The number of pyridine rings is 2. The summed E-state index contributed by atoms with van der Waals surface area (Å²) in [6.45, 7) is 1.40. The fourth-order valence-corrected chi connectivity index (χ4v) is 3.64. The number of aromatic nitrogens is 2. The molecular weight excluding hydrogens is 388 g/mol. The minimum Gasteiger partial charge on any atom is -0.325 e. The van der Waals surface area contributed by atoms with Crippen LogP contribution in [0.5, 0.6) is 0 Å². The Morgan fingerprint density at radius 1 is 1.04 bits per heavy atom. The van der Waals surface area contributed by atoms with Crippen LogP contribution in [0.4, 0.5) is 11.4 Å². The molecule has 1 amide bonds. The van der Waals surface area contributed by atoms with E-state index in [0.29, 0.717) is 16.8 Å². The normalized spacial score (nSPS) is 11.0. The Labute approximate surface area is 161 Å². The number of nitrogens with zero attached hydrogens (tertiary/aromatic N) is 2. The predicted molar refractivity (Wildman–Crippen MR) is 104 cm³/mol. The van der Waals surface area contributed by atoms with Gasteiger partial charge in [-0.2, -0.15) is 0 Å². The van der Waals surface area contributed by atoms with Gasteiger partial charge < -0.3 is 5.32 Å². The zero-order chi connectivity index (χ0) is 19.4. The highest BCUT2D eigenvalue weighted by Crippen LogP contribution is 2.29. The van der Waals surface area contributed by atoms with Crippen LogP contribution in [0.1, 0.15) is 6.92 Å². The lowest BCUT2D eigenvalue weighted by molar-refractivity contribution is -0.114. The molecule has 3 rings (SSSR count). The monoisotopic (exact) mass is 402 g/mol. The first kappa shape index (κ1) is 18.8. The van der Waals surface area contributed by atoms with Crippen LogP contribution in [0.2, 0.25) is 5.15 Å². The van der Waals surface area contributed by atoms with Crippen LogP contribution < -0.4 is 10.0 Å². The molecule has 2 N–H and O–H groups in total. The molecule has 2 aromatic heterocycles. The Morgan fingerprint density at radius 2 is 1.74 bits per heavy atom. The first-order valence-corrected chi connectivity index (χ1v) is 9.68. The van der Waals surface area contributed by atoms with E-state index >= 15 is 0 Å². The van der Waals surface area contributed by atoms with Crippen LogP contribution in [0.25, 0.3) is 11.1 Å². The van der Waals surface area contributed by atoms with Gasteiger partial charge in [0.15, 0.2) is 5.15 Å². The van der Waals surface area contributed by atoms with Gasteiger partial charge in [-0.25, -0.2) is 13.4 Å². The summed E-state index contributed by atoms with van der Waals surface area (Å²) in [6.07, 6.45) is 4.58. The summed E-state index contributed by atoms with van der Waals surface area (Å²) in [5.74, 6) is -0.223. The van der Waals surface area contributed by atoms with Crippen molar-refractivity contribution in [3.63, 3.8) is 0 Å². The lowest BCUT2D eigenvalue weighted by atomic mass is 10.1. The van der Waals surface area contributed by atoms with Crippen LogP contribution in [0.3, 0.4) is 0 Å². The Hall–Kier alpha value is -2.97. The van der Waals surface area contributed by atoms with E-state index in [9.17, 15) is 13.2 Å². The smallest absolute Gasteiger partial charge is 0.261 e.